The van der Waals surface area contributed by atoms with E-state index in [0.717, 1.165) is 5.56 Å². The van der Waals surface area contributed by atoms with Gasteiger partial charge in [-0.15, -0.1) is 0 Å². The van der Waals surface area contributed by atoms with E-state index in [1.807, 2.05) is 6.92 Å². The molecule has 1 amide bonds. The lowest BCUT2D eigenvalue weighted by molar-refractivity contribution is -0.148. The zero-order valence-electron chi connectivity index (χ0n) is 12.8. The van der Waals surface area contributed by atoms with Crippen LogP contribution in [-0.4, -0.2) is 54.8 Å². The molecule has 1 unspecified atom stereocenters. The lowest BCUT2D eigenvalue weighted by Gasteiger charge is -2.24. The molecule has 1 N–H and O–H groups in total. The Hall–Kier alpha value is -1.79. The van der Waals surface area contributed by atoms with Gasteiger partial charge in [0.25, 0.3) is 5.91 Å². The van der Waals surface area contributed by atoms with E-state index in [0.29, 0.717) is 10.8 Å². The first-order valence-electron chi connectivity index (χ1n) is 6.77. The number of nitrogens with zero attached hydrogens (tertiary/aromatic N) is 1. The summed E-state index contributed by atoms with van der Waals surface area (Å²) in [5.74, 6) is -0.990. The molecule has 0 bridgehead atoms. The van der Waals surface area contributed by atoms with E-state index in [-0.39, 0.29) is 13.2 Å². The molecular formula is C15H20ClNO5. The zero-order chi connectivity index (χ0) is 16.7. The van der Waals surface area contributed by atoms with Crippen LogP contribution in [-0.2, 0) is 14.3 Å². The number of hydrogen-bond acceptors (Lipinski definition) is 4. The lowest BCUT2D eigenvalue weighted by atomic mass is 10.2. The van der Waals surface area contributed by atoms with Gasteiger partial charge in [0.15, 0.2) is 6.10 Å². The molecule has 7 heteroatoms. The summed E-state index contributed by atoms with van der Waals surface area (Å²) >= 11 is 5.93. The van der Waals surface area contributed by atoms with Crippen molar-refractivity contribution in [2.24, 2.45) is 0 Å². The number of methoxy groups -OCH3 is 1. The molecule has 1 aromatic carbocycles. The van der Waals surface area contributed by atoms with E-state index in [4.69, 9.17) is 26.2 Å². The van der Waals surface area contributed by atoms with Crippen molar-refractivity contribution in [3.8, 4) is 5.75 Å². The van der Waals surface area contributed by atoms with Gasteiger partial charge in [-0.1, -0.05) is 11.6 Å². The maximum atomic E-state index is 12.3. The minimum atomic E-state index is -1.08. The van der Waals surface area contributed by atoms with Crippen LogP contribution < -0.4 is 4.74 Å². The van der Waals surface area contributed by atoms with Crippen LogP contribution in [0, 0.1) is 6.92 Å². The highest BCUT2D eigenvalue weighted by molar-refractivity contribution is 6.31. The van der Waals surface area contributed by atoms with Gasteiger partial charge in [-0.3, -0.25) is 9.59 Å². The van der Waals surface area contributed by atoms with Gasteiger partial charge < -0.3 is 19.5 Å². The van der Waals surface area contributed by atoms with Crippen LogP contribution in [0.15, 0.2) is 18.2 Å². The molecule has 0 saturated heterocycles. The molecule has 0 heterocycles. The quantitative estimate of drug-likeness (QED) is 0.789. The minimum absolute atomic E-state index is 0.189. The van der Waals surface area contributed by atoms with E-state index in [2.05, 4.69) is 0 Å². The fraction of sp³-hybridized carbons (Fsp3) is 0.467. The monoisotopic (exact) mass is 329 g/mol. The van der Waals surface area contributed by atoms with Crippen molar-refractivity contribution in [3.05, 3.63) is 28.8 Å². The van der Waals surface area contributed by atoms with Gasteiger partial charge in [0, 0.05) is 18.7 Å². The van der Waals surface area contributed by atoms with Crippen molar-refractivity contribution in [2.75, 3.05) is 26.8 Å². The van der Waals surface area contributed by atoms with Gasteiger partial charge in [0.2, 0.25) is 0 Å². The number of aliphatic carboxylic acids is 1. The smallest absolute Gasteiger partial charge is 0.323 e. The lowest BCUT2D eigenvalue weighted by Crippen LogP contribution is -2.44. The Morgan fingerprint density at radius 2 is 2.09 bits per heavy atom. The topological polar surface area (TPSA) is 76.1 Å². The van der Waals surface area contributed by atoms with E-state index in [1.54, 1.807) is 25.1 Å². The molecule has 0 aromatic heterocycles. The fourth-order valence-electron chi connectivity index (χ4n) is 1.83. The van der Waals surface area contributed by atoms with Gasteiger partial charge in [-0.05, 0) is 37.6 Å². The van der Waals surface area contributed by atoms with Crippen LogP contribution in [0.3, 0.4) is 0 Å². The molecular weight excluding hydrogens is 310 g/mol. The molecule has 1 atom stereocenters. The third-order valence-electron chi connectivity index (χ3n) is 2.99. The number of carbonyl (C=O) groups excluding carboxylic acids is 1. The van der Waals surface area contributed by atoms with Crippen molar-refractivity contribution in [1.29, 1.82) is 0 Å². The van der Waals surface area contributed by atoms with Crippen LogP contribution in [0.5, 0.6) is 5.75 Å². The summed E-state index contributed by atoms with van der Waals surface area (Å²) in [6, 6.07) is 5.07. The normalized spacial score (nSPS) is 11.8. The number of benzene rings is 1. The maximum absolute atomic E-state index is 12.3. The Kier molecular flexibility index (Phi) is 7.14. The van der Waals surface area contributed by atoms with Crippen molar-refractivity contribution < 1.29 is 24.2 Å². The van der Waals surface area contributed by atoms with E-state index in [1.165, 1.54) is 12.0 Å². The van der Waals surface area contributed by atoms with Gasteiger partial charge in [0.1, 0.15) is 12.3 Å². The van der Waals surface area contributed by atoms with Crippen LogP contribution in [0.4, 0.5) is 0 Å². The molecule has 1 rings (SSSR count). The number of carbonyl (C=O) groups is 2. The van der Waals surface area contributed by atoms with E-state index in [9.17, 15) is 9.59 Å². The summed E-state index contributed by atoms with van der Waals surface area (Å²) in [6.45, 7) is 3.46. The van der Waals surface area contributed by atoms with Gasteiger partial charge in [-0.25, -0.2) is 0 Å². The number of hydrogen-bond donors (Lipinski definition) is 1. The SMILES string of the molecule is COCCN(CC(=O)O)C(=O)C(C)Oc1ccc(Cl)c(C)c1. The molecule has 0 saturated carbocycles. The summed E-state index contributed by atoms with van der Waals surface area (Å²) in [6.07, 6.45) is -0.809. The number of rotatable bonds is 8. The number of amides is 1. The van der Waals surface area contributed by atoms with Crippen molar-refractivity contribution in [2.45, 2.75) is 20.0 Å². The molecule has 1 aromatic rings. The standard InChI is InChI=1S/C15H20ClNO5/c1-10-8-12(4-5-13(10)16)22-11(2)15(20)17(6-7-21-3)9-14(18)19/h4-5,8,11H,6-7,9H2,1-3H3,(H,18,19). The highest BCUT2D eigenvalue weighted by atomic mass is 35.5. The first-order chi connectivity index (χ1) is 10.3. The van der Waals surface area contributed by atoms with Crippen LogP contribution in [0.2, 0.25) is 5.02 Å². The molecule has 122 valence electrons. The van der Waals surface area contributed by atoms with Crippen LogP contribution in [0.25, 0.3) is 0 Å². The van der Waals surface area contributed by atoms with Gasteiger partial charge in [0.05, 0.1) is 6.61 Å². The Morgan fingerprint density at radius 3 is 2.64 bits per heavy atom. The summed E-state index contributed by atoms with van der Waals surface area (Å²) < 4.78 is 10.5. The predicted octanol–water partition coefficient (Wildman–Crippen LogP) is 1.98. The molecule has 22 heavy (non-hydrogen) atoms. The maximum Gasteiger partial charge on any atom is 0.323 e. The molecule has 0 spiro atoms. The Morgan fingerprint density at radius 1 is 1.41 bits per heavy atom. The third-order valence-corrected chi connectivity index (χ3v) is 3.42. The van der Waals surface area contributed by atoms with E-state index < -0.39 is 24.5 Å². The first-order valence-corrected chi connectivity index (χ1v) is 7.15. The Labute approximate surface area is 134 Å². The van der Waals surface area contributed by atoms with Crippen molar-refractivity contribution in [3.63, 3.8) is 0 Å². The Bertz CT molecular complexity index is 535. The molecule has 6 nitrogen and oxygen atoms in total. The van der Waals surface area contributed by atoms with Crippen LogP contribution >= 0.6 is 11.6 Å². The predicted molar refractivity (Wildman–Crippen MR) is 82.4 cm³/mol. The van der Waals surface area contributed by atoms with Crippen LogP contribution in [0.1, 0.15) is 12.5 Å². The average Bonchev–Trinajstić information content (AvgIpc) is 2.46. The second-order valence-electron chi connectivity index (χ2n) is 4.82. The summed E-state index contributed by atoms with van der Waals surface area (Å²) in [5.41, 5.74) is 0.834. The fourth-order valence-corrected chi connectivity index (χ4v) is 1.95. The van der Waals surface area contributed by atoms with E-state index >= 15 is 0 Å². The Balaban J connectivity index is 2.74. The zero-order valence-corrected chi connectivity index (χ0v) is 13.6. The number of aryl methyl sites for hydroxylation is 1. The van der Waals surface area contributed by atoms with Crippen molar-refractivity contribution >= 4 is 23.5 Å². The highest BCUT2D eigenvalue weighted by Crippen LogP contribution is 2.22. The van der Waals surface area contributed by atoms with Gasteiger partial charge >= 0.3 is 5.97 Å². The summed E-state index contributed by atoms with van der Waals surface area (Å²) in [4.78, 5) is 24.3. The molecule has 0 aliphatic heterocycles. The average molecular weight is 330 g/mol. The second-order valence-corrected chi connectivity index (χ2v) is 5.22. The number of ether oxygens (including phenoxy) is 2. The molecule has 0 fully saturated rings. The third kappa shape index (κ3) is 5.54. The summed E-state index contributed by atoms with van der Waals surface area (Å²) in [5, 5.41) is 9.49. The highest BCUT2D eigenvalue weighted by Gasteiger charge is 2.23. The van der Waals surface area contributed by atoms with Crippen molar-refractivity contribution in [1.82, 2.24) is 4.90 Å². The second kappa shape index (κ2) is 8.60. The first kappa shape index (κ1) is 18.3. The number of carboxylic acid groups (broad SMARTS) is 1. The number of carboxylic acids is 1. The van der Waals surface area contributed by atoms with Gasteiger partial charge in [-0.2, -0.15) is 0 Å². The largest absolute Gasteiger partial charge is 0.481 e. The molecule has 0 radical (unpaired) electrons. The summed E-state index contributed by atoms with van der Waals surface area (Å²) in [7, 11) is 1.49. The number of halogens is 1. The molecule has 0 aliphatic carbocycles. The molecule has 0 aliphatic rings. The minimum Gasteiger partial charge on any atom is -0.481 e.